The van der Waals surface area contributed by atoms with Gasteiger partial charge in [-0.3, -0.25) is 4.98 Å². The Hall–Kier alpha value is -1.46. The van der Waals surface area contributed by atoms with Crippen molar-refractivity contribution >= 4 is 39.1 Å². The van der Waals surface area contributed by atoms with Crippen LogP contribution < -0.4 is 5.32 Å². The first-order valence-electron chi connectivity index (χ1n) is 6.29. The lowest BCUT2D eigenvalue weighted by molar-refractivity contribution is 0.652. The highest BCUT2D eigenvalue weighted by atomic mass is 79.9. The molecule has 2 aromatic rings. The number of nitrogens with one attached hydrogen (secondary N) is 1. The van der Waals surface area contributed by atoms with Crippen LogP contribution in [0.15, 0.2) is 46.1 Å². The highest BCUT2D eigenvalue weighted by Gasteiger charge is 2.22. The van der Waals surface area contributed by atoms with Crippen molar-refractivity contribution in [3.63, 3.8) is 0 Å². The van der Waals surface area contributed by atoms with Gasteiger partial charge < -0.3 is 5.32 Å². The number of aromatic nitrogens is 2. The van der Waals surface area contributed by atoms with Gasteiger partial charge in [0.25, 0.3) is 0 Å². The van der Waals surface area contributed by atoms with Crippen LogP contribution in [-0.2, 0) is 0 Å². The van der Waals surface area contributed by atoms with Crippen LogP contribution in [0.4, 0.5) is 5.69 Å². The smallest absolute Gasteiger partial charge is 0.133 e. The summed E-state index contributed by atoms with van der Waals surface area (Å²) in [6, 6.07) is 9.76. The molecule has 1 fully saturated rings. The van der Waals surface area contributed by atoms with Crippen molar-refractivity contribution < 1.29 is 0 Å². The Morgan fingerprint density at radius 2 is 2.20 bits per heavy atom. The molecule has 1 N–H and O–H groups in total. The molecule has 0 aliphatic carbocycles. The molecule has 6 heteroatoms. The zero-order chi connectivity index (χ0) is 13.9. The van der Waals surface area contributed by atoms with Crippen LogP contribution in [0.3, 0.4) is 0 Å². The number of hydrogen-bond donors (Lipinski definition) is 1. The highest BCUT2D eigenvalue weighted by Crippen LogP contribution is 2.28. The largest absolute Gasteiger partial charge is 0.365 e. The summed E-state index contributed by atoms with van der Waals surface area (Å²) in [5.41, 5.74) is 1.82. The van der Waals surface area contributed by atoms with E-state index in [-0.39, 0.29) is 6.04 Å². The van der Waals surface area contributed by atoms with E-state index in [2.05, 4.69) is 36.2 Å². The molecule has 1 aliphatic heterocycles. The van der Waals surface area contributed by atoms with E-state index < -0.39 is 0 Å². The van der Waals surface area contributed by atoms with Crippen molar-refractivity contribution in [2.24, 2.45) is 4.99 Å². The first kappa shape index (κ1) is 13.5. The third-order valence-corrected chi connectivity index (χ3v) is 3.90. The van der Waals surface area contributed by atoms with Crippen LogP contribution in [0.25, 0.3) is 0 Å². The zero-order valence-electron chi connectivity index (χ0n) is 10.6. The van der Waals surface area contributed by atoms with Gasteiger partial charge in [-0.2, -0.15) is 0 Å². The predicted octanol–water partition coefficient (Wildman–Crippen LogP) is 4.05. The Morgan fingerprint density at radius 1 is 1.30 bits per heavy atom. The topological polar surface area (TPSA) is 50.2 Å². The van der Waals surface area contributed by atoms with Gasteiger partial charge in [0.1, 0.15) is 15.6 Å². The quantitative estimate of drug-likeness (QED) is 0.831. The number of hydrogen-bond acceptors (Lipinski definition) is 3. The van der Waals surface area contributed by atoms with Crippen molar-refractivity contribution in [1.82, 2.24) is 15.3 Å². The molecule has 0 aromatic carbocycles. The SMILES string of the molecule is Clc1ccc(N=C2CCC(c3ccccn3)N2)c(Br)n1. The number of aliphatic imine (C=N–C) groups is 1. The van der Waals surface area contributed by atoms with Crippen LogP contribution in [-0.4, -0.2) is 15.8 Å². The van der Waals surface area contributed by atoms with E-state index in [0.717, 1.165) is 30.1 Å². The average molecular weight is 352 g/mol. The number of halogens is 2. The van der Waals surface area contributed by atoms with Gasteiger partial charge >= 0.3 is 0 Å². The molecule has 0 amide bonds. The maximum absolute atomic E-state index is 5.82. The number of rotatable bonds is 2. The summed E-state index contributed by atoms with van der Waals surface area (Å²) in [6.07, 6.45) is 3.71. The normalized spacial score (nSPS) is 20.1. The molecule has 2 aromatic heterocycles. The van der Waals surface area contributed by atoms with Crippen molar-refractivity contribution in [3.8, 4) is 0 Å². The van der Waals surface area contributed by atoms with Crippen LogP contribution in [0.1, 0.15) is 24.6 Å². The van der Waals surface area contributed by atoms with E-state index in [1.165, 1.54) is 0 Å². The summed E-state index contributed by atoms with van der Waals surface area (Å²) >= 11 is 9.19. The van der Waals surface area contributed by atoms with E-state index in [0.29, 0.717) is 9.76 Å². The fraction of sp³-hybridized carbons (Fsp3) is 0.214. The molecule has 4 nitrogen and oxygen atoms in total. The van der Waals surface area contributed by atoms with Crippen molar-refractivity contribution in [1.29, 1.82) is 0 Å². The average Bonchev–Trinajstić information content (AvgIpc) is 2.92. The molecule has 3 rings (SSSR count). The molecule has 0 radical (unpaired) electrons. The number of pyridine rings is 2. The van der Waals surface area contributed by atoms with Gasteiger partial charge in [-0.15, -0.1) is 0 Å². The fourth-order valence-corrected chi connectivity index (χ4v) is 2.81. The van der Waals surface area contributed by atoms with Gasteiger partial charge in [0, 0.05) is 12.6 Å². The van der Waals surface area contributed by atoms with E-state index in [4.69, 9.17) is 11.6 Å². The standard InChI is InChI=1S/C14H12BrClN4/c15-14-11(4-6-12(16)20-14)19-13-7-5-10(18-13)9-3-1-2-8-17-9/h1-4,6,8,10H,5,7H2,(H,18,19). The van der Waals surface area contributed by atoms with E-state index in [9.17, 15) is 0 Å². The molecule has 102 valence electrons. The molecule has 1 atom stereocenters. The summed E-state index contributed by atoms with van der Waals surface area (Å²) in [7, 11) is 0. The lowest BCUT2D eigenvalue weighted by Crippen LogP contribution is -2.19. The minimum atomic E-state index is 0.231. The maximum Gasteiger partial charge on any atom is 0.133 e. The fourth-order valence-electron chi connectivity index (χ4n) is 2.15. The van der Waals surface area contributed by atoms with Crippen LogP contribution in [0.2, 0.25) is 5.15 Å². The molecule has 1 aliphatic rings. The molecule has 3 heterocycles. The third-order valence-electron chi connectivity index (χ3n) is 3.11. The monoisotopic (exact) mass is 350 g/mol. The Morgan fingerprint density at radius 3 is 2.95 bits per heavy atom. The summed E-state index contributed by atoms with van der Waals surface area (Å²) in [4.78, 5) is 13.1. The Kier molecular flexibility index (Phi) is 3.98. The second-order valence-electron chi connectivity index (χ2n) is 4.49. The second-order valence-corrected chi connectivity index (χ2v) is 5.63. The van der Waals surface area contributed by atoms with Crippen LogP contribution >= 0.6 is 27.5 Å². The van der Waals surface area contributed by atoms with Gasteiger partial charge in [0.05, 0.1) is 17.4 Å². The number of nitrogens with zero attached hydrogens (tertiary/aromatic N) is 3. The van der Waals surface area contributed by atoms with Crippen molar-refractivity contribution in [2.75, 3.05) is 0 Å². The number of amidine groups is 1. The van der Waals surface area contributed by atoms with E-state index in [1.807, 2.05) is 30.5 Å². The minimum absolute atomic E-state index is 0.231. The van der Waals surface area contributed by atoms with Gasteiger partial charge in [-0.25, -0.2) is 9.98 Å². The summed E-state index contributed by atoms with van der Waals surface area (Å²) < 4.78 is 0.653. The van der Waals surface area contributed by atoms with Gasteiger partial charge in [0.2, 0.25) is 0 Å². The summed E-state index contributed by atoms with van der Waals surface area (Å²) in [5.74, 6) is 0.950. The van der Waals surface area contributed by atoms with E-state index in [1.54, 1.807) is 6.07 Å². The summed E-state index contributed by atoms with van der Waals surface area (Å²) in [5, 5.41) is 3.85. The molecular formula is C14H12BrClN4. The van der Waals surface area contributed by atoms with Gasteiger partial charge in [-0.1, -0.05) is 17.7 Å². The second kappa shape index (κ2) is 5.89. The zero-order valence-corrected chi connectivity index (χ0v) is 12.9. The lowest BCUT2D eigenvalue weighted by Gasteiger charge is -2.09. The van der Waals surface area contributed by atoms with Gasteiger partial charge in [0.15, 0.2) is 0 Å². The first-order chi connectivity index (χ1) is 9.72. The molecule has 1 unspecified atom stereocenters. The Bertz CT molecular complexity index is 645. The molecule has 20 heavy (non-hydrogen) atoms. The first-order valence-corrected chi connectivity index (χ1v) is 7.46. The highest BCUT2D eigenvalue weighted by molar-refractivity contribution is 9.10. The van der Waals surface area contributed by atoms with Crippen LogP contribution in [0.5, 0.6) is 0 Å². The predicted molar refractivity (Wildman–Crippen MR) is 83.4 cm³/mol. The van der Waals surface area contributed by atoms with Crippen LogP contribution in [0, 0.1) is 0 Å². The molecule has 0 spiro atoms. The Balaban J connectivity index is 1.78. The van der Waals surface area contributed by atoms with Crippen molar-refractivity contribution in [2.45, 2.75) is 18.9 Å². The van der Waals surface area contributed by atoms with Crippen molar-refractivity contribution in [3.05, 3.63) is 52.0 Å². The molecular weight excluding hydrogens is 340 g/mol. The minimum Gasteiger partial charge on any atom is -0.365 e. The third kappa shape index (κ3) is 2.99. The molecule has 0 bridgehead atoms. The molecule has 1 saturated heterocycles. The molecule has 0 saturated carbocycles. The Labute approximate surface area is 130 Å². The summed E-state index contributed by atoms with van der Waals surface area (Å²) in [6.45, 7) is 0. The van der Waals surface area contributed by atoms with Gasteiger partial charge in [-0.05, 0) is 46.6 Å². The lowest BCUT2D eigenvalue weighted by atomic mass is 10.1. The van der Waals surface area contributed by atoms with E-state index >= 15 is 0 Å². The maximum atomic E-state index is 5.82.